The first kappa shape index (κ1) is 20.8. The third kappa shape index (κ3) is 2.84. The summed E-state index contributed by atoms with van der Waals surface area (Å²) in [5.74, 6) is -2.58. The zero-order valence-corrected chi connectivity index (χ0v) is 18.9. The topological polar surface area (TPSA) is 74.8 Å². The summed E-state index contributed by atoms with van der Waals surface area (Å²) in [7, 11) is -4.22. The molecule has 2 aliphatic heterocycles. The highest BCUT2D eigenvalue weighted by Crippen LogP contribution is 2.52. The van der Waals surface area contributed by atoms with Gasteiger partial charge in [0.2, 0.25) is 5.91 Å². The second-order valence-corrected chi connectivity index (χ2v) is 10.7. The van der Waals surface area contributed by atoms with Crippen molar-refractivity contribution >= 4 is 49.0 Å². The molecule has 0 aliphatic carbocycles. The van der Waals surface area contributed by atoms with Crippen molar-refractivity contribution in [1.29, 1.82) is 0 Å². The number of amides is 2. The number of rotatable bonds is 3. The number of fused-ring (bicyclic) bond motifs is 2. The van der Waals surface area contributed by atoms with Crippen molar-refractivity contribution in [3.05, 3.63) is 94.2 Å². The summed E-state index contributed by atoms with van der Waals surface area (Å²) in [5.41, 5.74) is 1.58. The van der Waals surface area contributed by atoms with Gasteiger partial charge >= 0.3 is 0 Å². The Labute approximate surface area is 192 Å². The molecule has 1 saturated heterocycles. The van der Waals surface area contributed by atoms with E-state index in [-0.39, 0.29) is 12.1 Å². The summed E-state index contributed by atoms with van der Waals surface area (Å²) in [6.07, 6.45) is 0. The molecule has 9 heteroatoms. The number of carbonyl (C=O) groups is 2. The Morgan fingerprint density at radius 2 is 1.59 bits per heavy atom. The number of hydrogen-bond acceptors (Lipinski definition) is 4. The van der Waals surface area contributed by atoms with Crippen LogP contribution in [-0.2, 0) is 30.8 Å². The maximum atomic E-state index is 13.9. The van der Waals surface area contributed by atoms with Crippen molar-refractivity contribution in [2.24, 2.45) is 0 Å². The molecule has 0 N–H and O–H groups in total. The van der Waals surface area contributed by atoms with Crippen molar-refractivity contribution in [2.75, 3.05) is 15.6 Å². The van der Waals surface area contributed by atoms with E-state index in [9.17, 15) is 22.4 Å². The number of halogens is 2. The van der Waals surface area contributed by atoms with Crippen LogP contribution in [0.5, 0.6) is 0 Å². The third-order valence-corrected chi connectivity index (χ3v) is 8.39. The van der Waals surface area contributed by atoms with Gasteiger partial charge < -0.3 is 4.90 Å². The third-order valence-electron chi connectivity index (χ3n) is 5.76. The largest absolute Gasteiger partial charge is 0.304 e. The molecule has 0 unspecified atom stereocenters. The SMILES string of the molecule is O=C1CS(=O)(=O)[C@]2(C(=O)N(Cc3ccc(F)cc3)c3ccccc32)N1c1ccc(Br)cc1. The average Bonchev–Trinajstić information content (AvgIpc) is 3.13. The van der Waals surface area contributed by atoms with Crippen LogP contribution < -0.4 is 9.80 Å². The maximum absolute atomic E-state index is 13.9. The van der Waals surface area contributed by atoms with Crippen LogP contribution in [0.15, 0.2) is 77.3 Å². The Balaban J connectivity index is 1.72. The number of benzene rings is 3. The Kier molecular flexibility index (Phi) is 4.72. The Morgan fingerprint density at radius 1 is 0.938 bits per heavy atom. The van der Waals surface area contributed by atoms with Gasteiger partial charge in [0, 0.05) is 15.7 Å². The second kappa shape index (κ2) is 7.25. The van der Waals surface area contributed by atoms with Crippen LogP contribution in [-0.4, -0.2) is 26.0 Å². The zero-order chi connectivity index (χ0) is 22.7. The van der Waals surface area contributed by atoms with Crippen LogP contribution in [0.25, 0.3) is 0 Å². The highest BCUT2D eigenvalue weighted by atomic mass is 79.9. The van der Waals surface area contributed by atoms with E-state index in [2.05, 4.69) is 15.9 Å². The first-order valence-corrected chi connectivity index (χ1v) is 12.2. The van der Waals surface area contributed by atoms with Gasteiger partial charge in [-0.15, -0.1) is 0 Å². The Hall–Kier alpha value is -3.04. The van der Waals surface area contributed by atoms with Gasteiger partial charge in [0.15, 0.2) is 9.84 Å². The summed E-state index contributed by atoms with van der Waals surface area (Å²) in [6.45, 7) is 0.0375. The molecule has 3 aromatic rings. The molecule has 162 valence electrons. The average molecular weight is 515 g/mol. The number of anilines is 2. The molecule has 2 aliphatic rings. The van der Waals surface area contributed by atoms with Gasteiger partial charge in [-0.25, -0.2) is 12.8 Å². The van der Waals surface area contributed by atoms with Gasteiger partial charge in [-0.2, -0.15) is 0 Å². The van der Waals surface area contributed by atoms with Crippen molar-refractivity contribution in [1.82, 2.24) is 0 Å². The summed E-state index contributed by atoms with van der Waals surface area (Å²) >= 11 is 3.33. The Morgan fingerprint density at radius 3 is 2.28 bits per heavy atom. The van der Waals surface area contributed by atoms with E-state index < -0.39 is 38.1 Å². The lowest BCUT2D eigenvalue weighted by Crippen LogP contribution is -2.54. The maximum Gasteiger partial charge on any atom is 0.274 e. The highest BCUT2D eigenvalue weighted by molar-refractivity contribution is 9.10. The van der Waals surface area contributed by atoms with E-state index in [1.165, 1.54) is 29.2 Å². The van der Waals surface area contributed by atoms with Gasteiger partial charge in [-0.3, -0.25) is 14.5 Å². The molecule has 1 atom stereocenters. The van der Waals surface area contributed by atoms with E-state index in [4.69, 9.17) is 0 Å². The molecule has 2 amide bonds. The molecule has 5 rings (SSSR count). The highest BCUT2D eigenvalue weighted by Gasteiger charge is 2.69. The molecule has 6 nitrogen and oxygen atoms in total. The van der Waals surface area contributed by atoms with Gasteiger partial charge in [0.05, 0.1) is 12.2 Å². The van der Waals surface area contributed by atoms with E-state index in [1.807, 2.05) is 0 Å². The van der Waals surface area contributed by atoms with E-state index in [0.29, 0.717) is 16.9 Å². The number of para-hydroxylation sites is 1. The molecule has 0 radical (unpaired) electrons. The predicted octanol–water partition coefficient (Wildman–Crippen LogP) is 3.75. The number of hydrogen-bond donors (Lipinski definition) is 0. The predicted molar refractivity (Wildman–Crippen MR) is 121 cm³/mol. The van der Waals surface area contributed by atoms with Crippen LogP contribution >= 0.6 is 15.9 Å². The molecule has 1 spiro atoms. The number of carbonyl (C=O) groups excluding carboxylic acids is 2. The minimum atomic E-state index is -4.22. The van der Waals surface area contributed by atoms with E-state index >= 15 is 0 Å². The lowest BCUT2D eigenvalue weighted by molar-refractivity contribution is -0.123. The molecular formula is C23H16BrFN2O4S. The van der Waals surface area contributed by atoms with Crippen molar-refractivity contribution in [3.63, 3.8) is 0 Å². The fraction of sp³-hybridized carbons (Fsp3) is 0.130. The van der Waals surface area contributed by atoms with Crippen molar-refractivity contribution in [2.45, 2.75) is 11.4 Å². The van der Waals surface area contributed by atoms with Crippen LogP contribution in [0.2, 0.25) is 0 Å². The van der Waals surface area contributed by atoms with Crippen LogP contribution in [0.3, 0.4) is 0 Å². The lowest BCUT2D eigenvalue weighted by atomic mass is 10.0. The molecule has 0 saturated carbocycles. The summed E-state index contributed by atoms with van der Waals surface area (Å²) in [6, 6.07) is 18.8. The molecule has 0 aromatic heterocycles. The van der Waals surface area contributed by atoms with Gasteiger partial charge in [0.1, 0.15) is 11.6 Å². The fourth-order valence-electron chi connectivity index (χ4n) is 4.41. The van der Waals surface area contributed by atoms with E-state index in [0.717, 1.165) is 9.37 Å². The molecular weight excluding hydrogens is 499 g/mol. The standard InChI is InChI=1S/C23H16BrFN2O4S/c24-16-7-11-18(12-8-16)27-21(28)14-32(30,31)23(27)19-3-1-2-4-20(19)26(22(23)29)13-15-5-9-17(25)10-6-15/h1-12H,13-14H2/t23-/m1/s1. The van der Waals surface area contributed by atoms with Gasteiger partial charge in [-0.1, -0.05) is 46.3 Å². The molecule has 1 fully saturated rings. The molecule has 2 heterocycles. The minimum absolute atomic E-state index is 0.0375. The van der Waals surface area contributed by atoms with Gasteiger partial charge in [-0.05, 0) is 48.0 Å². The fourth-order valence-corrected chi connectivity index (χ4v) is 6.71. The van der Waals surface area contributed by atoms with Crippen molar-refractivity contribution < 1.29 is 22.4 Å². The number of nitrogens with zero attached hydrogens (tertiary/aromatic N) is 2. The molecule has 3 aromatic carbocycles. The van der Waals surface area contributed by atoms with Crippen LogP contribution in [0, 0.1) is 5.82 Å². The lowest BCUT2D eigenvalue weighted by Gasteiger charge is -2.32. The smallest absolute Gasteiger partial charge is 0.274 e. The zero-order valence-electron chi connectivity index (χ0n) is 16.5. The van der Waals surface area contributed by atoms with Crippen molar-refractivity contribution in [3.8, 4) is 0 Å². The molecule has 32 heavy (non-hydrogen) atoms. The minimum Gasteiger partial charge on any atom is -0.304 e. The second-order valence-electron chi connectivity index (χ2n) is 7.64. The summed E-state index contributed by atoms with van der Waals surface area (Å²) in [4.78, 5) is 27.2. The van der Waals surface area contributed by atoms with Gasteiger partial charge in [0.25, 0.3) is 10.8 Å². The van der Waals surface area contributed by atoms with Crippen LogP contribution in [0.1, 0.15) is 11.1 Å². The first-order valence-electron chi connectivity index (χ1n) is 9.72. The first-order chi connectivity index (χ1) is 15.3. The van der Waals surface area contributed by atoms with E-state index in [1.54, 1.807) is 48.5 Å². The van der Waals surface area contributed by atoms with Crippen LogP contribution in [0.4, 0.5) is 15.8 Å². The molecule has 0 bridgehead atoms. The summed E-state index contributed by atoms with van der Waals surface area (Å²) < 4.78 is 41.1. The number of sulfone groups is 1. The quantitative estimate of drug-likeness (QED) is 0.533. The monoisotopic (exact) mass is 514 g/mol. The normalized spacial score (nSPS) is 21.4. The Bertz CT molecular complexity index is 1360. The summed E-state index contributed by atoms with van der Waals surface area (Å²) in [5, 5.41) is 0.